The van der Waals surface area contributed by atoms with Gasteiger partial charge >= 0.3 is 0 Å². The molecule has 0 fully saturated rings. The van der Waals surface area contributed by atoms with E-state index in [1.807, 2.05) is 48.5 Å². The van der Waals surface area contributed by atoms with Crippen LogP contribution in [0.1, 0.15) is 46.7 Å². The first kappa shape index (κ1) is 22.6. The van der Waals surface area contributed by atoms with Crippen LogP contribution in [0.2, 0.25) is 10.2 Å². The Morgan fingerprint density at radius 1 is 1.06 bits per heavy atom. The highest BCUT2D eigenvalue weighted by molar-refractivity contribution is 6.34. The molecule has 0 atom stereocenters. The van der Waals surface area contributed by atoms with Gasteiger partial charge in [-0.3, -0.25) is 4.79 Å². The smallest absolute Gasteiger partial charge is 0.260 e. The van der Waals surface area contributed by atoms with Gasteiger partial charge in [0.2, 0.25) is 0 Å². The summed E-state index contributed by atoms with van der Waals surface area (Å²) in [5, 5.41) is 17.1. The summed E-state index contributed by atoms with van der Waals surface area (Å²) >= 11 is 12.9. The quantitative estimate of drug-likeness (QED) is 0.381. The van der Waals surface area contributed by atoms with Crippen molar-refractivity contribution in [2.45, 2.75) is 45.7 Å². The molecule has 1 N–H and O–H groups in total. The number of aryl methyl sites for hydroxylation is 2. The fourth-order valence-electron chi connectivity index (χ4n) is 4.33. The number of fused-ring (bicyclic) bond motifs is 1. The molecular weight excluding hydrogens is 471 g/mol. The van der Waals surface area contributed by atoms with Crippen molar-refractivity contribution in [1.29, 1.82) is 0 Å². The molecule has 5 rings (SSSR count). The Morgan fingerprint density at radius 2 is 1.91 bits per heavy atom. The third-order valence-electron chi connectivity index (χ3n) is 6.06. The first-order chi connectivity index (χ1) is 16.5. The monoisotopic (exact) mass is 494 g/mol. The van der Waals surface area contributed by atoms with Gasteiger partial charge in [-0.05, 0) is 43.5 Å². The zero-order valence-electron chi connectivity index (χ0n) is 18.8. The minimum atomic E-state index is -0.315. The molecule has 34 heavy (non-hydrogen) atoms. The maximum Gasteiger partial charge on any atom is 0.260 e. The van der Waals surface area contributed by atoms with E-state index in [-0.39, 0.29) is 11.1 Å². The lowest BCUT2D eigenvalue weighted by molar-refractivity contribution is 0.102. The second-order valence-corrected chi connectivity index (χ2v) is 9.20. The van der Waals surface area contributed by atoms with Gasteiger partial charge in [0.05, 0.1) is 17.8 Å². The Bertz CT molecular complexity index is 1360. The third kappa shape index (κ3) is 4.45. The predicted octanol–water partition coefficient (Wildman–Crippen LogP) is 5.78. The van der Waals surface area contributed by atoms with Crippen LogP contribution in [0.15, 0.2) is 48.5 Å². The fraction of sp³-hybridized carbons (Fsp3) is 0.280. The number of benzene rings is 2. The van der Waals surface area contributed by atoms with E-state index < -0.39 is 0 Å². The van der Waals surface area contributed by atoms with Crippen LogP contribution >= 0.6 is 23.2 Å². The highest BCUT2D eigenvalue weighted by atomic mass is 35.5. The summed E-state index contributed by atoms with van der Waals surface area (Å²) in [6, 6.07) is 15.1. The first-order valence-corrected chi connectivity index (χ1v) is 12.1. The molecule has 0 unspecified atom stereocenters. The minimum Gasteiger partial charge on any atom is -0.322 e. The number of hydrogen-bond donors (Lipinski definition) is 1. The van der Waals surface area contributed by atoms with Gasteiger partial charge in [0.25, 0.3) is 5.91 Å². The number of carbonyl (C=O) groups is 1. The molecule has 174 valence electrons. The van der Waals surface area contributed by atoms with Crippen LogP contribution in [0.25, 0.3) is 11.4 Å². The molecule has 9 heteroatoms. The molecule has 0 spiro atoms. The molecule has 1 amide bonds. The normalized spacial score (nSPS) is 13.4. The first-order valence-electron chi connectivity index (χ1n) is 11.3. The Hall–Kier alpha value is -3.16. The number of nitrogens with one attached hydrogen (secondary N) is 1. The minimum absolute atomic E-state index is 0.272. The van der Waals surface area contributed by atoms with Crippen LogP contribution in [0, 0.1) is 6.92 Å². The lowest BCUT2D eigenvalue weighted by Crippen LogP contribution is -2.13. The highest BCUT2D eigenvalue weighted by Crippen LogP contribution is 2.27. The van der Waals surface area contributed by atoms with Gasteiger partial charge in [0.1, 0.15) is 11.0 Å². The van der Waals surface area contributed by atoms with Crippen molar-refractivity contribution >= 4 is 34.8 Å². The summed E-state index contributed by atoms with van der Waals surface area (Å²) < 4.78 is 3.78. The molecule has 2 aromatic carbocycles. The maximum atomic E-state index is 13.2. The number of amides is 1. The number of halogens is 2. The Kier molecular flexibility index (Phi) is 6.39. The molecule has 1 aliphatic rings. The summed E-state index contributed by atoms with van der Waals surface area (Å²) in [4.78, 5) is 13.2. The molecule has 0 aliphatic carbocycles. The molecule has 2 aromatic heterocycles. The molecular formula is C25H24Cl2N6O. The number of anilines is 1. The Morgan fingerprint density at radius 3 is 2.76 bits per heavy atom. The molecule has 4 aromatic rings. The molecule has 0 saturated heterocycles. The zero-order valence-corrected chi connectivity index (χ0v) is 20.3. The van der Waals surface area contributed by atoms with Crippen LogP contribution in [0.3, 0.4) is 0 Å². The molecule has 3 heterocycles. The largest absolute Gasteiger partial charge is 0.322 e. The number of aromatic nitrogens is 5. The second kappa shape index (κ2) is 9.60. The zero-order chi connectivity index (χ0) is 23.7. The van der Waals surface area contributed by atoms with Crippen molar-refractivity contribution < 1.29 is 4.79 Å². The summed E-state index contributed by atoms with van der Waals surface area (Å²) in [6.07, 6.45) is 4.39. The average molecular weight is 495 g/mol. The summed E-state index contributed by atoms with van der Waals surface area (Å²) in [5.74, 6) is 1.54. The van der Waals surface area contributed by atoms with Crippen LogP contribution < -0.4 is 5.32 Å². The second-order valence-electron chi connectivity index (χ2n) is 8.44. The standard InChI is InChI=1S/C25H24Cl2N6O/c1-16-22(23(27)33(31-16)15-18-8-4-5-11-20(18)26)25(34)28-19-10-7-9-17(14-19)24-30-29-21-12-3-2-6-13-32(21)24/h4-5,7-11,14H,2-3,6,12-13,15H2,1H3,(H,28,34). The van der Waals surface area contributed by atoms with E-state index in [4.69, 9.17) is 23.2 Å². The van der Waals surface area contributed by atoms with Crippen molar-refractivity contribution in [3.05, 3.63) is 81.4 Å². The Balaban J connectivity index is 1.38. The lowest BCUT2D eigenvalue weighted by atomic mass is 10.1. The van der Waals surface area contributed by atoms with E-state index in [2.05, 4.69) is 25.2 Å². The van der Waals surface area contributed by atoms with E-state index >= 15 is 0 Å². The van der Waals surface area contributed by atoms with E-state index in [0.29, 0.717) is 28.5 Å². The number of hydrogen-bond acceptors (Lipinski definition) is 4. The van der Waals surface area contributed by atoms with Gasteiger partial charge in [-0.15, -0.1) is 10.2 Å². The third-order valence-corrected chi connectivity index (χ3v) is 6.81. The van der Waals surface area contributed by atoms with Crippen LogP contribution in [-0.2, 0) is 19.5 Å². The highest BCUT2D eigenvalue weighted by Gasteiger charge is 2.22. The van der Waals surface area contributed by atoms with Crippen LogP contribution in [0.5, 0.6) is 0 Å². The summed E-state index contributed by atoms with van der Waals surface area (Å²) in [5.41, 5.74) is 3.34. The van der Waals surface area contributed by atoms with Crippen molar-refractivity contribution in [3.63, 3.8) is 0 Å². The van der Waals surface area contributed by atoms with Gasteiger partial charge in [0, 0.05) is 29.2 Å². The van der Waals surface area contributed by atoms with Gasteiger partial charge in [-0.1, -0.05) is 60.0 Å². The van der Waals surface area contributed by atoms with E-state index in [1.54, 1.807) is 11.6 Å². The van der Waals surface area contributed by atoms with Crippen molar-refractivity contribution in [2.24, 2.45) is 0 Å². The lowest BCUT2D eigenvalue weighted by Gasteiger charge is -2.10. The van der Waals surface area contributed by atoms with E-state index in [0.717, 1.165) is 48.6 Å². The molecule has 0 saturated carbocycles. The molecule has 7 nitrogen and oxygen atoms in total. The number of nitrogens with zero attached hydrogens (tertiary/aromatic N) is 5. The van der Waals surface area contributed by atoms with Gasteiger partial charge in [-0.25, -0.2) is 4.68 Å². The SMILES string of the molecule is Cc1nn(Cc2ccccc2Cl)c(Cl)c1C(=O)Nc1cccc(-c2nnc3n2CCCCC3)c1. The van der Waals surface area contributed by atoms with Gasteiger partial charge in [0.15, 0.2) is 5.82 Å². The predicted molar refractivity (Wildman–Crippen MR) is 133 cm³/mol. The van der Waals surface area contributed by atoms with Crippen molar-refractivity contribution in [1.82, 2.24) is 24.5 Å². The Labute approximate surface area is 207 Å². The molecule has 1 aliphatic heterocycles. The summed E-state index contributed by atoms with van der Waals surface area (Å²) in [7, 11) is 0. The average Bonchev–Trinajstić information content (AvgIpc) is 3.25. The number of carbonyl (C=O) groups excluding carboxylic acids is 1. The maximum absolute atomic E-state index is 13.2. The number of rotatable bonds is 5. The van der Waals surface area contributed by atoms with E-state index in [1.165, 1.54) is 6.42 Å². The van der Waals surface area contributed by atoms with Crippen molar-refractivity contribution in [3.8, 4) is 11.4 Å². The van der Waals surface area contributed by atoms with Crippen LogP contribution in [0.4, 0.5) is 5.69 Å². The van der Waals surface area contributed by atoms with E-state index in [9.17, 15) is 4.79 Å². The van der Waals surface area contributed by atoms with Gasteiger partial charge < -0.3 is 9.88 Å². The fourth-order valence-corrected chi connectivity index (χ4v) is 4.85. The van der Waals surface area contributed by atoms with Crippen LogP contribution in [-0.4, -0.2) is 30.5 Å². The molecule has 0 radical (unpaired) electrons. The topological polar surface area (TPSA) is 77.6 Å². The van der Waals surface area contributed by atoms with Gasteiger partial charge in [-0.2, -0.15) is 5.10 Å². The van der Waals surface area contributed by atoms with Crippen molar-refractivity contribution in [2.75, 3.05) is 5.32 Å². The summed E-state index contributed by atoms with van der Waals surface area (Å²) in [6.45, 7) is 3.06. The molecule has 0 bridgehead atoms.